The highest BCUT2D eigenvalue weighted by Gasteiger charge is 2.37. The van der Waals surface area contributed by atoms with Crippen LogP contribution < -0.4 is 0 Å². The largest absolute Gasteiger partial charge is 0.282 e. The van der Waals surface area contributed by atoms with Gasteiger partial charge in [-0.25, -0.2) is 0 Å². The van der Waals surface area contributed by atoms with Gasteiger partial charge in [-0.2, -0.15) is 0 Å². The fourth-order valence-corrected chi connectivity index (χ4v) is 4.38. The molecule has 0 aromatic rings. The Morgan fingerprint density at radius 1 is 1.53 bits per heavy atom. The summed E-state index contributed by atoms with van der Waals surface area (Å²) < 4.78 is 0.357. The van der Waals surface area contributed by atoms with Crippen LogP contribution in [0.25, 0.3) is 0 Å². The van der Waals surface area contributed by atoms with E-state index in [1.807, 2.05) is 11.8 Å². The van der Waals surface area contributed by atoms with E-state index < -0.39 is 0 Å². The van der Waals surface area contributed by atoms with Crippen LogP contribution in [0.15, 0.2) is 0 Å². The van der Waals surface area contributed by atoms with Crippen molar-refractivity contribution in [3.63, 3.8) is 0 Å². The molecule has 0 bridgehead atoms. The first-order valence-corrected chi connectivity index (χ1v) is 7.33. The minimum Gasteiger partial charge on any atom is -0.282 e. The molecule has 86 valence electrons. The summed E-state index contributed by atoms with van der Waals surface area (Å²) in [6, 6.07) is 0.670. The number of hydrogen-bond acceptors (Lipinski definition) is 3. The summed E-state index contributed by atoms with van der Waals surface area (Å²) in [6.45, 7) is 4.35. The SMILES string of the molecule is [B]C(C)CC1SC(S)N(C)C1CCCC. The Morgan fingerprint density at radius 3 is 2.73 bits per heavy atom. The highest BCUT2D eigenvalue weighted by atomic mass is 32.2. The summed E-state index contributed by atoms with van der Waals surface area (Å²) in [4.78, 5) is 2.40. The first-order chi connectivity index (χ1) is 7.06. The van der Waals surface area contributed by atoms with Crippen molar-refractivity contribution in [3.05, 3.63) is 0 Å². The van der Waals surface area contributed by atoms with Crippen LogP contribution in [0, 0.1) is 0 Å². The fraction of sp³-hybridized carbons (Fsp3) is 1.00. The molecule has 0 aromatic carbocycles. The molecular weight excluding hydrogens is 221 g/mol. The average Bonchev–Trinajstić information content (AvgIpc) is 2.40. The minimum absolute atomic E-state index is 0.304. The molecule has 0 saturated carbocycles. The first-order valence-electron chi connectivity index (χ1n) is 5.87. The minimum atomic E-state index is 0.304. The molecule has 1 fully saturated rings. The smallest absolute Gasteiger partial charge is 0.100 e. The van der Waals surface area contributed by atoms with Gasteiger partial charge in [-0.05, 0) is 19.9 Å². The third kappa shape index (κ3) is 3.90. The fourth-order valence-electron chi connectivity index (χ4n) is 2.15. The Morgan fingerprint density at radius 2 is 2.20 bits per heavy atom. The Kier molecular flexibility index (Phi) is 5.94. The van der Waals surface area contributed by atoms with E-state index in [4.69, 9.17) is 7.85 Å². The van der Waals surface area contributed by atoms with Crippen molar-refractivity contribution in [2.45, 2.75) is 61.3 Å². The molecule has 15 heavy (non-hydrogen) atoms. The number of unbranched alkanes of at least 4 members (excludes halogenated alkanes) is 1. The molecule has 1 rings (SSSR count). The van der Waals surface area contributed by atoms with E-state index in [2.05, 4.69) is 38.4 Å². The third-order valence-corrected chi connectivity index (χ3v) is 5.22. The molecular formula is C11H22BNS2. The molecule has 4 unspecified atom stereocenters. The number of thiol groups is 1. The van der Waals surface area contributed by atoms with Gasteiger partial charge in [0.25, 0.3) is 0 Å². The van der Waals surface area contributed by atoms with Crippen LogP contribution in [-0.4, -0.2) is 35.8 Å². The third-order valence-electron chi connectivity index (χ3n) is 3.05. The van der Waals surface area contributed by atoms with Crippen LogP contribution in [0.4, 0.5) is 0 Å². The lowest BCUT2D eigenvalue weighted by Gasteiger charge is -2.25. The molecule has 4 heteroatoms. The van der Waals surface area contributed by atoms with Gasteiger partial charge < -0.3 is 0 Å². The highest BCUT2D eigenvalue weighted by Crippen LogP contribution is 2.41. The molecule has 1 heterocycles. The van der Waals surface area contributed by atoms with E-state index in [0.717, 1.165) is 6.42 Å². The Balaban J connectivity index is 2.52. The number of nitrogens with zero attached hydrogens (tertiary/aromatic N) is 1. The molecule has 2 radical (unpaired) electrons. The van der Waals surface area contributed by atoms with Crippen LogP contribution >= 0.6 is 24.4 Å². The van der Waals surface area contributed by atoms with E-state index >= 15 is 0 Å². The topological polar surface area (TPSA) is 3.24 Å². The molecule has 0 N–H and O–H groups in total. The van der Waals surface area contributed by atoms with E-state index in [9.17, 15) is 0 Å². The molecule has 1 saturated heterocycles. The standard InChI is InChI=1S/C11H22BNS2/c1-4-5-6-9-10(7-8(2)12)15-11(14)13(9)3/h8-11,14H,4-7H2,1-3H3. The van der Waals surface area contributed by atoms with Gasteiger partial charge in [0.2, 0.25) is 0 Å². The zero-order valence-corrected chi connectivity index (χ0v) is 11.7. The van der Waals surface area contributed by atoms with Crippen molar-refractivity contribution in [1.29, 1.82) is 0 Å². The zero-order chi connectivity index (χ0) is 11.4. The Hall–Kier alpha value is 0.725. The first kappa shape index (κ1) is 13.8. The second-order valence-corrected chi connectivity index (χ2v) is 6.75. The van der Waals surface area contributed by atoms with E-state index in [-0.39, 0.29) is 0 Å². The maximum Gasteiger partial charge on any atom is 0.100 e. The Bertz CT molecular complexity index is 187. The lowest BCUT2D eigenvalue weighted by molar-refractivity contribution is 0.261. The molecule has 1 nitrogen and oxygen atoms in total. The normalized spacial score (nSPS) is 34.5. The van der Waals surface area contributed by atoms with E-state index in [0.29, 0.717) is 21.8 Å². The molecule has 4 atom stereocenters. The maximum atomic E-state index is 5.90. The summed E-state index contributed by atoms with van der Waals surface area (Å²) in [6.07, 6.45) is 4.98. The summed E-state index contributed by atoms with van der Waals surface area (Å²) in [5.41, 5.74) is 0. The van der Waals surface area contributed by atoms with Gasteiger partial charge in [0, 0.05) is 11.3 Å². The van der Waals surface area contributed by atoms with Crippen LogP contribution in [0.3, 0.4) is 0 Å². The highest BCUT2D eigenvalue weighted by molar-refractivity contribution is 8.10. The number of rotatable bonds is 5. The van der Waals surface area contributed by atoms with Crippen molar-refractivity contribution in [3.8, 4) is 0 Å². The number of hydrogen-bond donors (Lipinski definition) is 1. The van der Waals surface area contributed by atoms with Gasteiger partial charge in [-0.1, -0.05) is 32.5 Å². The maximum absolute atomic E-state index is 5.90. The summed E-state index contributed by atoms with van der Waals surface area (Å²) >= 11 is 6.57. The van der Waals surface area contributed by atoms with Crippen LogP contribution in [-0.2, 0) is 0 Å². The molecule has 0 amide bonds. The second kappa shape index (κ2) is 6.46. The van der Waals surface area contributed by atoms with Gasteiger partial charge in [0.05, 0.1) is 7.85 Å². The van der Waals surface area contributed by atoms with Crippen LogP contribution in [0.1, 0.15) is 39.5 Å². The predicted octanol–water partition coefficient (Wildman–Crippen LogP) is 3.17. The van der Waals surface area contributed by atoms with Crippen molar-refractivity contribution in [2.75, 3.05) is 7.05 Å². The summed E-state index contributed by atoms with van der Waals surface area (Å²) in [5, 5.41) is 0.670. The predicted molar refractivity (Wildman–Crippen MR) is 75.0 cm³/mol. The van der Waals surface area contributed by atoms with E-state index in [1.54, 1.807) is 0 Å². The lowest BCUT2D eigenvalue weighted by Crippen LogP contribution is -2.34. The van der Waals surface area contributed by atoms with Crippen molar-refractivity contribution in [2.24, 2.45) is 0 Å². The molecule has 0 spiro atoms. The van der Waals surface area contributed by atoms with E-state index in [1.165, 1.54) is 19.3 Å². The van der Waals surface area contributed by atoms with Crippen molar-refractivity contribution < 1.29 is 0 Å². The molecule has 1 aliphatic rings. The van der Waals surface area contributed by atoms with Crippen molar-refractivity contribution >= 4 is 32.2 Å². The second-order valence-electron chi connectivity index (χ2n) is 4.59. The van der Waals surface area contributed by atoms with Crippen LogP contribution in [0.2, 0.25) is 5.82 Å². The van der Waals surface area contributed by atoms with Gasteiger partial charge in [-0.3, -0.25) is 4.90 Å². The monoisotopic (exact) mass is 243 g/mol. The molecule has 0 aromatic heterocycles. The van der Waals surface area contributed by atoms with Gasteiger partial charge in [0.15, 0.2) is 0 Å². The van der Waals surface area contributed by atoms with Crippen molar-refractivity contribution in [1.82, 2.24) is 4.90 Å². The van der Waals surface area contributed by atoms with Gasteiger partial charge >= 0.3 is 0 Å². The quantitative estimate of drug-likeness (QED) is 0.583. The molecule has 0 aliphatic carbocycles. The van der Waals surface area contributed by atoms with Crippen LogP contribution in [0.5, 0.6) is 0 Å². The Labute approximate surface area is 106 Å². The average molecular weight is 243 g/mol. The summed E-state index contributed by atoms with van der Waals surface area (Å²) in [7, 11) is 8.08. The summed E-state index contributed by atoms with van der Waals surface area (Å²) in [5.74, 6) is 0.304. The zero-order valence-electron chi connectivity index (χ0n) is 10.0. The van der Waals surface area contributed by atoms with Gasteiger partial charge in [0.1, 0.15) is 4.71 Å². The number of thioether (sulfide) groups is 1. The van der Waals surface area contributed by atoms with Gasteiger partial charge in [-0.15, -0.1) is 24.4 Å². The molecule has 1 aliphatic heterocycles. The lowest BCUT2D eigenvalue weighted by atomic mass is 9.83.